The largest absolute Gasteiger partial charge is 0.219 e. The molecule has 0 amide bonds. The summed E-state index contributed by atoms with van der Waals surface area (Å²) in [5.41, 5.74) is 2.97. The molecule has 0 aliphatic carbocycles. The van der Waals surface area contributed by atoms with E-state index in [0.29, 0.717) is 5.02 Å². The molecule has 0 fully saturated rings. The molecule has 0 aliphatic heterocycles. The first-order valence-corrected chi connectivity index (χ1v) is 6.44. The van der Waals surface area contributed by atoms with Crippen molar-refractivity contribution in [2.24, 2.45) is 0 Å². The van der Waals surface area contributed by atoms with Crippen LogP contribution >= 0.6 is 27.5 Å². The second-order valence-corrected chi connectivity index (χ2v) is 4.75. The highest BCUT2D eigenvalue weighted by molar-refractivity contribution is 9.09. The van der Waals surface area contributed by atoms with Crippen LogP contribution in [0.3, 0.4) is 0 Å². The molecule has 0 atom stereocenters. The molecule has 0 aliphatic rings. The molecule has 0 bridgehead atoms. The van der Waals surface area contributed by atoms with Gasteiger partial charge in [0.2, 0.25) is 0 Å². The van der Waals surface area contributed by atoms with E-state index in [-0.39, 0.29) is 0 Å². The van der Waals surface area contributed by atoms with Crippen LogP contribution in [0.2, 0.25) is 5.02 Å². The minimum Gasteiger partial charge on any atom is -0.219 e. The molecule has 0 radical (unpaired) electrons. The lowest BCUT2D eigenvalue weighted by Gasteiger charge is -2.03. The molecule has 2 rings (SSSR count). The van der Waals surface area contributed by atoms with Crippen LogP contribution in [0.5, 0.6) is 0 Å². The van der Waals surface area contributed by atoms with Crippen molar-refractivity contribution in [1.82, 2.24) is 15.0 Å². The van der Waals surface area contributed by atoms with Gasteiger partial charge in [0.15, 0.2) is 0 Å². The molecule has 1 aromatic heterocycles. The van der Waals surface area contributed by atoms with Crippen LogP contribution in [0.4, 0.5) is 0 Å². The maximum absolute atomic E-state index is 6.12. The molecule has 1 heterocycles. The van der Waals surface area contributed by atoms with Crippen molar-refractivity contribution in [2.45, 2.75) is 13.3 Å². The zero-order valence-corrected chi connectivity index (χ0v) is 11.2. The van der Waals surface area contributed by atoms with Crippen molar-refractivity contribution in [3.05, 3.63) is 40.7 Å². The summed E-state index contributed by atoms with van der Waals surface area (Å²) in [6.45, 7) is 2.02. The minimum atomic E-state index is 0.681. The average molecular weight is 301 g/mol. The van der Waals surface area contributed by atoms with Gasteiger partial charge in [-0.3, -0.25) is 0 Å². The third kappa shape index (κ3) is 2.44. The Morgan fingerprint density at radius 1 is 1.44 bits per heavy atom. The third-order valence-electron chi connectivity index (χ3n) is 2.24. The van der Waals surface area contributed by atoms with Crippen LogP contribution in [-0.4, -0.2) is 20.3 Å². The summed E-state index contributed by atoms with van der Waals surface area (Å²) >= 11 is 9.49. The smallest absolute Gasteiger partial charge is 0.0852 e. The van der Waals surface area contributed by atoms with Crippen LogP contribution in [0.15, 0.2) is 24.4 Å². The van der Waals surface area contributed by atoms with E-state index in [0.717, 1.165) is 28.7 Å². The summed E-state index contributed by atoms with van der Waals surface area (Å²) in [5.74, 6) is 0. The molecule has 0 saturated heterocycles. The van der Waals surface area contributed by atoms with Gasteiger partial charge in [-0.2, -0.15) is 0 Å². The summed E-state index contributed by atoms with van der Waals surface area (Å²) in [6, 6.07) is 5.84. The van der Waals surface area contributed by atoms with Crippen molar-refractivity contribution >= 4 is 27.5 Å². The second-order valence-electron chi connectivity index (χ2n) is 3.55. The summed E-state index contributed by atoms with van der Waals surface area (Å²) in [4.78, 5) is 0. The van der Waals surface area contributed by atoms with E-state index in [1.165, 1.54) is 0 Å². The van der Waals surface area contributed by atoms with E-state index < -0.39 is 0 Å². The maximum Gasteiger partial charge on any atom is 0.0852 e. The van der Waals surface area contributed by atoms with Crippen molar-refractivity contribution < 1.29 is 0 Å². The molecule has 0 N–H and O–H groups in total. The first kappa shape index (κ1) is 11.6. The minimum absolute atomic E-state index is 0.681. The van der Waals surface area contributed by atoms with Gasteiger partial charge >= 0.3 is 0 Å². The van der Waals surface area contributed by atoms with E-state index in [1.807, 2.05) is 31.3 Å². The van der Waals surface area contributed by atoms with Crippen LogP contribution in [0.25, 0.3) is 5.69 Å². The Morgan fingerprint density at radius 2 is 2.25 bits per heavy atom. The predicted octanol–water partition coefficient (Wildman–Crippen LogP) is 3.17. The lowest BCUT2D eigenvalue weighted by atomic mass is 10.2. The molecule has 0 unspecified atom stereocenters. The first-order valence-electron chi connectivity index (χ1n) is 4.94. The topological polar surface area (TPSA) is 30.7 Å². The van der Waals surface area contributed by atoms with Crippen LogP contribution < -0.4 is 0 Å². The molecular formula is C11H11BrClN3. The Hall–Kier alpha value is -0.870. The Balaban J connectivity index is 2.38. The molecule has 0 spiro atoms. The van der Waals surface area contributed by atoms with Crippen molar-refractivity contribution in [3.63, 3.8) is 0 Å². The zero-order chi connectivity index (χ0) is 11.5. The van der Waals surface area contributed by atoms with E-state index in [1.54, 1.807) is 4.68 Å². The number of alkyl halides is 1. The highest BCUT2D eigenvalue weighted by atomic mass is 79.9. The van der Waals surface area contributed by atoms with Crippen molar-refractivity contribution in [3.8, 4) is 5.69 Å². The molecule has 0 saturated carbocycles. The first-order chi connectivity index (χ1) is 7.70. The van der Waals surface area contributed by atoms with E-state index in [9.17, 15) is 0 Å². The lowest BCUT2D eigenvalue weighted by Crippen LogP contribution is -1.96. The molecular weight excluding hydrogens is 289 g/mol. The highest BCUT2D eigenvalue weighted by Gasteiger charge is 2.06. The number of hydrogen-bond donors (Lipinski definition) is 0. The molecule has 16 heavy (non-hydrogen) atoms. The van der Waals surface area contributed by atoms with Crippen LogP contribution in [0.1, 0.15) is 11.3 Å². The number of aryl methyl sites for hydroxylation is 2. The molecule has 5 heteroatoms. The summed E-state index contributed by atoms with van der Waals surface area (Å²) < 4.78 is 1.72. The van der Waals surface area contributed by atoms with Gasteiger partial charge < -0.3 is 0 Å². The Morgan fingerprint density at radius 3 is 3.00 bits per heavy atom. The van der Waals surface area contributed by atoms with Gasteiger partial charge in [-0.1, -0.05) is 38.8 Å². The fourth-order valence-electron chi connectivity index (χ4n) is 1.43. The van der Waals surface area contributed by atoms with E-state index in [2.05, 4.69) is 26.2 Å². The maximum atomic E-state index is 6.12. The average Bonchev–Trinajstić information content (AvgIpc) is 2.71. The SMILES string of the molecule is Cc1ccc(Cl)c(-n2cc(CCBr)nn2)c1. The normalized spacial score (nSPS) is 10.7. The Kier molecular flexibility index (Phi) is 3.61. The van der Waals surface area contributed by atoms with Gasteiger partial charge in [-0.15, -0.1) is 5.10 Å². The Labute approximate surface area is 108 Å². The molecule has 1 aromatic carbocycles. The summed E-state index contributed by atoms with van der Waals surface area (Å²) in [7, 11) is 0. The lowest BCUT2D eigenvalue weighted by molar-refractivity contribution is 0.798. The monoisotopic (exact) mass is 299 g/mol. The zero-order valence-electron chi connectivity index (χ0n) is 8.82. The van der Waals surface area contributed by atoms with Gasteiger partial charge in [0, 0.05) is 11.8 Å². The number of hydrogen-bond acceptors (Lipinski definition) is 2. The van der Waals surface area contributed by atoms with Gasteiger partial charge in [-0.05, 0) is 24.6 Å². The fraction of sp³-hybridized carbons (Fsp3) is 0.273. The number of rotatable bonds is 3. The summed E-state index contributed by atoms with van der Waals surface area (Å²) in [6.07, 6.45) is 2.77. The highest BCUT2D eigenvalue weighted by Crippen LogP contribution is 2.20. The predicted molar refractivity (Wildman–Crippen MR) is 68.6 cm³/mol. The number of benzene rings is 1. The van der Waals surface area contributed by atoms with Crippen molar-refractivity contribution in [1.29, 1.82) is 0 Å². The molecule has 2 aromatic rings. The number of aromatic nitrogens is 3. The van der Waals surface area contributed by atoms with E-state index in [4.69, 9.17) is 11.6 Å². The quantitative estimate of drug-likeness (QED) is 0.815. The van der Waals surface area contributed by atoms with Gasteiger partial charge in [0.1, 0.15) is 0 Å². The van der Waals surface area contributed by atoms with Crippen LogP contribution in [0, 0.1) is 6.92 Å². The van der Waals surface area contributed by atoms with Gasteiger partial charge in [0.25, 0.3) is 0 Å². The second kappa shape index (κ2) is 4.97. The van der Waals surface area contributed by atoms with Gasteiger partial charge in [0.05, 0.1) is 22.6 Å². The Bertz CT molecular complexity index is 496. The number of halogens is 2. The standard InChI is InChI=1S/C11H11BrClN3/c1-8-2-3-10(13)11(6-8)16-7-9(4-5-12)14-15-16/h2-3,6-7H,4-5H2,1H3. The fourth-order valence-corrected chi connectivity index (χ4v) is 2.04. The number of nitrogens with zero attached hydrogens (tertiary/aromatic N) is 3. The summed E-state index contributed by atoms with van der Waals surface area (Å²) in [5, 5.41) is 9.71. The molecule has 3 nitrogen and oxygen atoms in total. The van der Waals surface area contributed by atoms with E-state index >= 15 is 0 Å². The van der Waals surface area contributed by atoms with Gasteiger partial charge in [-0.25, -0.2) is 4.68 Å². The molecule has 84 valence electrons. The third-order valence-corrected chi connectivity index (χ3v) is 2.96. The van der Waals surface area contributed by atoms with Crippen molar-refractivity contribution in [2.75, 3.05) is 5.33 Å². The van der Waals surface area contributed by atoms with Crippen LogP contribution in [-0.2, 0) is 6.42 Å².